The Morgan fingerprint density at radius 3 is 2.50 bits per heavy atom. The number of aromatic nitrogens is 4. The van der Waals surface area contributed by atoms with E-state index >= 15 is 0 Å². The van der Waals surface area contributed by atoms with Gasteiger partial charge in [-0.2, -0.15) is 4.68 Å². The summed E-state index contributed by atoms with van der Waals surface area (Å²) in [6, 6.07) is 9.18. The zero-order valence-corrected chi connectivity index (χ0v) is 16.4. The number of nitrogens with one attached hydrogen (secondary N) is 1. The second-order valence-electron chi connectivity index (χ2n) is 6.89. The number of benzene rings is 1. The smallest absolute Gasteiger partial charge is 0.348 e. The lowest BCUT2D eigenvalue weighted by atomic mass is 9.98. The van der Waals surface area contributed by atoms with Crippen molar-refractivity contribution in [3.05, 3.63) is 58.1 Å². The summed E-state index contributed by atoms with van der Waals surface area (Å²) in [5.74, 6) is 0.877. The molecule has 0 spiro atoms. The van der Waals surface area contributed by atoms with Crippen molar-refractivity contribution in [1.82, 2.24) is 24.2 Å². The number of para-hydroxylation sites is 1. The van der Waals surface area contributed by atoms with Gasteiger partial charge in [-0.3, -0.25) is 4.98 Å². The van der Waals surface area contributed by atoms with Gasteiger partial charge in [0.05, 0.1) is 5.69 Å². The van der Waals surface area contributed by atoms with Crippen molar-refractivity contribution in [2.45, 2.75) is 37.5 Å². The molecule has 2 aromatic heterocycles. The fourth-order valence-corrected chi connectivity index (χ4v) is 5.37. The standard InChI is InChI=1S/C18H21N5O4S/c1-12-16(13(2)27-21-12)28(25,26)22-10-8-14(9-11-22)17-19-18(24)23(20-17)15-6-4-3-5-7-15/h3-7,14H,8-11H2,1-2H3,(H-,19,20,24,25,26). The van der Waals surface area contributed by atoms with E-state index in [0.717, 1.165) is 0 Å². The third-order valence-electron chi connectivity index (χ3n) is 5.04. The molecule has 0 bridgehead atoms. The first-order valence-corrected chi connectivity index (χ1v) is 10.5. The Morgan fingerprint density at radius 1 is 1.21 bits per heavy atom. The van der Waals surface area contributed by atoms with Crippen LogP contribution in [0, 0.1) is 13.8 Å². The Morgan fingerprint density at radius 2 is 1.89 bits per heavy atom. The number of aryl methyl sites for hydroxylation is 2. The second kappa shape index (κ2) is 7.12. The minimum absolute atomic E-state index is 0.00576. The Labute approximate surface area is 162 Å². The number of aromatic amines is 1. The lowest BCUT2D eigenvalue weighted by Gasteiger charge is -2.32. The van der Waals surface area contributed by atoms with E-state index in [9.17, 15) is 13.6 Å². The molecular formula is C18H21N5O4S. The zero-order valence-electron chi connectivity index (χ0n) is 15.6. The molecule has 1 N–H and O–H groups in total. The molecule has 1 aliphatic rings. The van der Waals surface area contributed by atoms with Crippen molar-refractivity contribution in [1.29, 1.82) is 0 Å². The van der Waals surface area contributed by atoms with Crippen molar-refractivity contribution in [2.75, 3.05) is 13.1 Å². The second-order valence-corrected chi connectivity index (χ2v) is 8.77. The van der Waals surface area contributed by atoms with Crippen LogP contribution in [0.4, 0.5) is 0 Å². The van der Waals surface area contributed by atoms with E-state index in [2.05, 4.69) is 15.2 Å². The number of H-pyrrole nitrogens is 1. The minimum atomic E-state index is -3.65. The van der Waals surface area contributed by atoms with E-state index < -0.39 is 10.4 Å². The fourth-order valence-electron chi connectivity index (χ4n) is 3.61. The Balaban J connectivity index is 1.51. The third-order valence-corrected chi connectivity index (χ3v) is 7.19. The minimum Gasteiger partial charge on any atom is -0.593 e. The highest BCUT2D eigenvalue weighted by Crippen LogP contribution is 2.33. The van der Waals surface area contributed by atoms with Crippen molar-refractivity contribution >= 4 is 10.4 Å². The number of piperidine rings is 1. The molecule has 10 heteroatoms. The number of hydrogen-bond donors (Lipinski definition) is 1. The molecule has 3 aromatic rings. The number of hydrogen-bond acceptors (Lipinski definition) is 6. The van der Waals surface area contributed by atoms with Crippen LogP contribution in [-0.2, 0) is 14.6 Å². The molecule has 148 valence electrons. The molecule has 4 rings (SSSR count). The molecule has 0 saturated carbocycles. The Kier molecular flexibility index (Phi) is 4.77. The van der Waals surface area contributed by atoms with E-state index in [0.29, 0.717) is 48.9 Å². The topological polar surface area (TPSA) is 120 Å². The van der Waals surface area contributed by atoms with Crippen LogP contribution in [0.5, 0.6) is 0 Å². The van der Waals surface area contributed by atoms with Crippen molar-refractivity contribution < 1.29 is 13.3 Å². The largest absolute Gasteiger partial charge is 0.593 e. The molecule has 0 radical (unpaired) electrons. The summed E-state index contributed by atoms with van der Waals surface area (Å²) in [6.45, 7) is 3.91. The molecule has 3 heterocycles. The van der Waals surface area contributed by atoms with Gasteiger partial charge in [-0.05, 0) is 31.9 Å². The molecule has 1 saturated heterocycles. The SMILES string of the molecule is Cc1noc(C)c1[S+](=O)([O-])N1CCC(c2nn(-c3ccccc3)c(=O)[nH]2)CC1. The van der Waals surface area contributed by atoms with E-state index in [1.165, 1.54) is 8.99 Å². The predicted octanol–water partition coefficient (Wildman–Crippen LogP) is 1.95. The maximum atomic E-state index is 12.9. The first-order valence-electron chi connectivity index (χ1n) is 9.05. The highest BCUT2D eigenvalue weighted by Gasteiger charge is 2.39. The molecule has 1 aliphatic heterocycles. The number of rotatable bonds is 4. The van der Waals surface area contributed by atoms with Crippen LogP contribution in [0.15, 0.2) is 44.5 Å². The molecule has 1 fully saturated rings. The highest BCUT2D eigenvalue weighted by atomic mass is 32.3. The average Bonchev–Trinajstić information content (AvgIpc) is 3.25. The van der Waals surface area contributed by atoms with Crippen LogP contribution in [0.1, 0.15) is 36.0 Å². The summed E-state index contributed by atoms with van der Waals surface area (Å²) in [5, 5.41) is 8.17. The first-order chi connectivity index (χ1) is 13.4. The molecule has 1 aromatic carbocycles. The van der Waals surface area contributed by atoms with E-state index in [1.807, 2.05) is 30.3 Å². The van der Waals surface area contributed by atoms with Gasteiger partial charge in [0, 0.05) is 25.9 Å². The van der Waals surface area contributed by atoms with E-state index in [4.69, 9.17) is 4.52 Å². The predicted molar refractivity (Wildman–Crippen MR) is 101 cm³/mol. The molecule has 1 atom stereocenters. The summed E-state index contributed by atoms with van der Waals surface area (Å²) in [4.78, 5) is 15.2. The Bertz CT molecular complexity index is 1060. The van der Waals surface area contributed by atoms with Gasteiger partial charge in [0.1, 0.15) is 11.5 Å². The van der Waals surface area contributed by atoms with Crippen LogP contribution in [0.2, 0.25) is 0 Å². The van der Waals surface area contributed by atoms with Crippen LogP contribution < -0.4 is 5.69 Å². The molecule has 9 nitrogen and oxygen atoms in total. The maximum absolute atomic E-state index is 12.9. The van der Waals surface area contributed by atoms with Gasteiger partial charge in [0.2, 0.25) is 4.90 Å². The first kappa shape index (κ1) is 18.8. The summed E-state index contributed by atoms with van der Waals surface area (Å²) in [6.07, 6.45) is 1.15. The van der Waals surface area contributed by atoms with Gasteiger partial charge in [-0.15, -0.1) is 9.40 Å². The molecule has 28 heavy (non-hydrogen) atoms. The number of nitrogens with zero attached hydrogens (tertiary/aromatic N) is 4. The van der Waals surface area contributed by atoms with Crippen LogP contribution in [-0.4, -0.2) is 41.9 Å². The van der Waals surface area contributed by atoms with Gasteiger partial charge < -0.3 is 9.08 Å². The van der Waals surface area contributed by atoms with Crippen LogP contribution in [0.3, 0.4) is 0 Å². The van der Waals surface area contributed by atoms with Crippen molar-refractivity contribution in [3.8, 4) is 5.69 Å². The van der Waals surface area contributed by atoms with Crippen LogP contribution in [0.25, 0.3) is 5.69 Å². The van der Waals surface area contributed by atoms with E-state index in [-0.39, 0.29) is 16.5 Å². The summed E-state index contributed by atoms with van der Waals surface area (Å²) >= 11 is 0. The highest BCUT2D eigenvalue weighted by molar-refractivity contribution is 7.95. The monoisotopic (exact) mass is 403 g/mol. The molecule has 1 unspecified atom stereocenters. The summed E-state index contributed by atoms with van der Waals surface area (Å²) in [7, 11) is -3.65. The van der Waals surface area contributed by atoms with Gasteiger partial charge in [-0.25, -0.2) is 4.79 Å². The summed E-state index contributed by atoms with van der Waals surface area (Å²) in [5.41, 5.74) is 0.756. The van der Waals surface area contributed by atoms with Gasteiger partial charge >= 0.3 is 5.69 Å². The zero-order chi connectivity index (χ0) is 19.9. The molecule has 0 aliphatic carbocycles. The normalized spacial score (nSPS) is 18.2. The molecular weight excluding hydrogens is 382 g/mol. The quantitative estimate of drug-likeness (QED) is 0.665. The third kappa shape index (κ3) is 3.23. The van der Waals surface area contributed by atoms with E-state index in [1.54, 1.807) is 13.8 Å². The number of sulfonamides is 1. The Hall–Kier alpha value is -2.56. The molecule has 0 amide bonds. The summed E-state index contributed by atoms with van der Waals surface area (Å²) < 4.78 is 33.6. The van der Waals surface area contributed by atoms with Crippen LogP contribution >= 0.6 is 0 Å². The lowest BCUT2D eigenvalue weighted by Crippen LogP contribution is -2.42. The lowest BCUT2D eigenvalue weighted by molar-refractivity contribution is 0.286. The van der Waals surface area contributed by atoms with Gasteiger partial charge in [0.25, 0.3) is 0 Å². The maximum Gasteiger partial charge on any atom is 0.348 e. The van der Waals surface area contributed by atoms with Crippen molar-refractivity contribution in [2.24, 2.45) is 0 Å². The fraction of sp³-hybridized carbons (Fsp3) is 0.389. The van der Waals surface area contributed by atoms with Gasteiger partial charge in [-0.1, -0.05) is 27.6 Å². The van der Waals surface area contributed by atoms with Crippen molar-refractivity contribution in [3.63, 3.8) is 0 Å². The average molecular weight is 403 g/mol. The van der Waals surface area contributed by atoms with Gasteiger partial charge in [0.15, 0.2) is 16.2 Å².